The van der Waals surface area contributed by atoms with Gasteiger partial charge in [-0.25, -0.2) is 4.79 Å². The number of carbonyl (C=O) groups excluding carboxylic acids is 1. The molecule has 0 atom stereocenters. The predicted molar refractivity (Wildman–Crippen MR) is 107 cm³/mol. The third-order valence-electron chi connectivity index (χ3n) is 4.30. The van der Waals surface area contributed by atoms with E-state index < -0.39 is 5.60 Å². The van der Waals surface area contributed by atoms with Crippen LogP contribution in [0.2, 0.25) is 0 Å². The molecular formula is C20H40N2O6. The molecule has 28 heavy (non-hydrogen) atoms. The van der Waals surface area contributed by atoms with Gasteiger partial charge in [0.2, 0.25) is 0 Å². The van der Waals surface area contributed by atoms with Crippen molar-refractivity contribution in [2.75, 3.05) is 59.4 Å². The lowest BCUT2D eigenvalue weighted by atomic mass is 9.86. The molecule has 0 saturated heterocycles. The number of alkyl carbamates (subject to hydrolysis) is 1. The first-order chi connectivity index (χ1) is 13.4. The Balaban J connectivity index is 1.90. The normalized spacial score (nSPS) is 20.1. The first-order valence-electron chi connectivity index (χ1n) is 10.4. The van der Waals surface area contributed by atoms with Crippen LogP contribution in [-0.4, -0.2) is 77.1 Å². The van der Waals surface area contributed by atoms with Crippen LogP contribution in [0, 0.1) is 5.92 Å². The molecule has 166 valence electrons. The van der Waals surface area contributed by atoms with Crippen LogP contribution in [-0.2, 0) is 23.7 Å². The minimum Gasteiger partial charge on any atom is -0.444 e. The molecule has 0 heterocycles. The number of hydrogen-bond acceptors (Lipinski definition) is 7. The van der Waals surface area contributed by atoms with E-state index in [1.807, 2.05) is 20.8 Å². The first-order valence-corrected chi connectivity index (χ1v) is 10.4. The minimum absolute atomic E-state index is 0.204. The second-order valence-corrected chi connectivity index (χ2v) is 8.06. The maximum absolute atomic E-state index is 11.8. The molecule has 0 aromatic heterocycles. The molecule has 1 amide bonds. The van der Waals surface area contributed by atoms with Gasteiger partial charge in [0, 0.05) is 19.2 Å². The molecule has 0 aliphatic heterocycles. The van der Waals surface area contributed by atoms with E-state index in [1.165, 1.54) is 0 Å². The molecule has 1 saturated carbocycles. The van der Waals surface area contributed by atoms with Gasteiger partial charge in [0.15, 0.2) is 0 Å². The molecule has 1 fully saturated rings. The van der Waals surface area contributed by atoms with Crippen molar-refractivity contribution in [3.63, 3.8) is 0 Å². The fraction of sp³-hybridized carbons (Fsp3) is 0.950. The van der Waals surface area contributed by atoms with Gasteiger partial charge in [0.05, 0.1) is 46.2 Å². The van der Waals surface area contributed by atoms with Crippen LogP contribution in [0.25, 0.3) is 0 Å². The zero-order chi connectivity index (χ0) is 20.7. The molecule has 1 aliphatic carbocycles. The van der Waals surface area contributed by atoms with Gasteiger partial charge < -0.3 is 34.7 Å². The highest BCUT2D eigenvalue weighted by molar-refractivity contribution is 5.68. The number of ether oxygens (including phenoxy) is 5. The van der Waals surface area contributed by atoms with Crippen molar-refractivity contribution in [1.29, 1.82) is 0 Å². The SMILES string of the molecule is CC(C)(C)OC(=O)N[C@H]1CC[C@H](COCCOCCOCCOCCN)CC1. The first kappa shape index (κ1) is 25.1. The van der Waals surface area contributed by atoms with E-state index in [0.29, 0.717) is 58.7 Å². The van der Waals surface area contributed by atoms with Gasteiger partial charge in [-0.3, -0.25) is 0 Å². The number of hydrogen-bond donors (Lipinski definition) is 2. The van der Waals surface area contributed by atoms with Crippen LogP contribution in [0.1, 0.15) is 46.5 Å². The molecule has 1 rings (SSSR count). The fourth-order valence-corrected chi connectivity index (χ4v) is 2.94. The number of nitrogens with one attached hydrogen (secondary N) is 1. The molecule has 3 N–H and O–H groups in total. The van der Waals surface area contributed by atoms with Crippen LogP contribution < -0.4 is 11.1 Å². The summed E-state index contributed by atoms with van der Waals surface area (Å²) in [6.07, 6.45) is 3.73. The van der Waals surface area contributed by atoms with E-state index in [-0.39, 0.29) is 12.1 Å². The monoisotopic (exact) mass is 404 g/mol. The van der Waals surface area contributed by atoms with Gasteiger partial charge in [-0.05, 0) is 52.4 Å². The predicted octanol–water partition coefficient (Wildman–Crippen LogP) is 2.10. The largest absolute Gasteiger partial charge is 0.444 e. The lowest BCUT2D eigenvalue weighted by Crippen LogP contribution is -2.41. The summed E-state index contributed by atoms with van der Waals surface area (Å²) >= 11 is 0. The van der Waals surface area contributed by atoms with Crippen molar-refractivity contribution < 1.29 is 28.5 Å². The lowest BCUT2D eigenvalue weighted by molar-refractivity contribution is -0.00755. The molecule has 8 heteroatoms. The van der Waals surface area contributed by atoms with Gasteiger partial charge in [-0.2, -0.15) is 0 Å². The third-order valence-corrected chi connectivity index (χ3v) is 4.30. The second-order valence-electron chi connectivity index (χ2n) is 8.06. The topological polar surface area (TPSA) is 101 Å². The summed E-state index contributed by atoms with van der Waals surface area (Å²) in [5, 5.41) is 2.96. The van der Waals surface area contributed by atoms with Gasteiger partial charge in [-0.1, -0.05) is 0 Å². The Morgan fingerprint density at radius 3 is 1.86 bits per heavy atom. The fourth-order valence-electron chi connectivity index (χ4n) is 2.94. The van der Waals surface area contributed by atoms with Crippen molar-refractivity contribution >= 4 is 6.09 Å². The van der Waals surface area contributed by atoms with E-state index in [1.54, 1.807) is 0 Å². The number of rotatable bonds is 14. The summed E-state index contributed by atoms with van der Waals surface area (Å²) < 4.78 is 27.1. The molecule has 1 aliphatic rings. The highest BCUT2D eigenvalue weighted by Crippen LogP contribution is 2.24. The molecule has 0 bridgehead atoms. The Morgan fingerprint density at radius 2 is 1.36 bits per heavy atom. The van der Waals surface area contributed by atoms with Crippen molar-refractivity contribution in [2.24, 2.45) is 11.7 Å². The highest BCUT2D eigenvalue weighted by atomic mass is 16.6. The standard InChI is InChI=1S/C20H40N2O6/c1-20(2,3)28-19(23)22-18-6-4-17(5-7-18)16-27-15-14-26-13-12-25-11-10-24-9-8-21/h17-18H,4-16,21H2,1-3H3,(H,22,23)/t17-,18-. The molecule has 0 radical (unpaired) electrons. The average Bonchev–Trinajstić information content (AvgIpc) is 2.62. The Hall–Kier alpha value is -0.930. The quantitative estimate of drug-likeness (QED) is 0.428. The summed E-state index contributed by atoms with van der Waals surface area (Å²) in [4.78, 5) is 11.8. The minimum atomic E-state index is -0.456. The van der Waals surface area contributed by atoms with Crippen LogP contribution >= 0.6 is 0 Å². The molecule has 0 unspecified atom stereocenters. The second kappa shape index (κ2) is 15.0. The Morgan fingerprint density at radius 1 is 0.857 bits per heavy atom. The van der Waals surface area contributed by atoms with E-state index >= 15 is 0 Å². The molecular weight excluding hydrogens is 364 g/mol. The zero-order valence-electron chi connectivity index (χ0n) is 17.9. The maximum Gasteiger partial charge on any atom is 0.407 e. The van der Waals surface area contributed by atoms with Gasteiger partial charge in [0.25, 0.3) is 0 Å². The van der Waals surface area contributed by atoms with Crippen LogP contribution in [0.15, 0.2) is 0 Å². The summed E-state index contributed by atoms with van der Waals surface area (Å²) in [5.74, 6) is 0.550. The van der Waals surface area contributed by atoms with Gasteiger partial charge in [-0.15, -0.1) is 0 Å². The van der Waals surface area contributed by atoms with E-state index in [4.69, 9.17) is 29.4 Å². The summed E-state index contributed by atoms with van der Waals surface area (Å²) in [7, 11) is 0. The smallest absolute Gasteiger partial charge is 0.407 e. The molecule has 0 aromatic carbocycles. The summed E-state index contributed by atoms with van der Waals surface area (Å²) in [6, 6.07) is 0.204. The van der Waals surface area contributed by atoms with E-state index in [9.17, 15) is 4.79 Å². The van der Waals surface area contributed by atoms with Crippen molar-refractivity contribution in [3.8, 4) is 0 Å². The van der Waals surface area contributed by atoms with Crippen LogP contribution in [0.5, 0.6) is 0 Å². The van der Waals surface area contributed by atoms with Crippen molar-refractivity contribution in [1.82, 2.24) is 5.32 Å². The Labute approximate surface area is 169 Å². The number of nitrogens with two attached hydrogens (primary N) is 1. The molecule has 0 spiro atoms. The lowest BCUT2D eigenvalue weighted by Gasteiger charge is -2.30. The average molecular weight is 405 g/mol. The highest BCUT2D eigenvalue weighted by Gasteiger charge is 2.24. The Bertz CT molecular complexity index is 395. The van der Waals surface area contributed by atoms with Crippen LogP contribution in [0.4, 0.5) is 4.79 Å². The van der Waals surface area contributed by atoms with Crippen molar-refractivity contribution in [3.05, 3.63) is 0 Å². The zero-order valence-corrected chi connectivity index (χ0v) is 17.9. The van der Waals surface area contributed by atoms with Gasteiger partial charge in [0.1, 0.15) is 5.60 Å². The number of amides is 1. The van der Waals surface area contributed by atoms with E-state index in [2.05, 4.69) is 5.32 Å². The number of carbonyl (C=O) groups is 1. The summed E-state index contributed by atoms with van der Waals surface area (Å²) in [6.45, 7) is 10.9. The maximum atomic E-state index is 11.8. The summed E-state index contributed by atoms with van der Waals surface area (Å²) in [5.41, 5.74) is 4.86. The molecule has 0 aromatic rings. The van der Waals surface area contributed by atoms with Crippen LogP contribution in [0.3, 0.4) is 0 Å². The Kier molecular flexibility index (Phi) is 13.4. The van der Waals surface area contributed by atoms with E-state index in [0.717, 1.165) is 32.3 Å². The molecule has 8 nitrogen and oxygen atoms in total. The van der Waals surface area contributed by atoms with Crippen molar-refractivity contribution in [2.45, 2.75) is 58.1 Å². The third kappa shape index (κ3) is 14.1. The van der Waals surface area contributed by atoms with Gasteiger partial charge >= 0.3 is 6.09 Å².